The van der Waals surface area contributed by atoms with Crippen molar-refractivity contribution in [2.75, 3.05) is 20.7 Å². The van der Waals surface area contributed by atoms with E-state index in [1.54, 1.807) is 7.05 Å². The van der Waals surface area contributed by atoms with Crippen LogP contribution in [0.25, 0.3) is 22.0 Å². The molecule has 1 aromatic carbocycles. The highest BCUT2D eigenvalue weighted by atomic mass is 16.5. The topological polar surface area (TPSA) is 109 Å². The maximum atomic E-state index is 13.1. The van der Waals surface area contributed by atoms with Crippen molar-refractivity contribution in [3.63, 3.8) is 0 Å². The third-order valence-electron chi connectivity index (χ3n) is 6.92. The molecule has 0 saturated heterocycles. The highest BCUT2D eigenvalue weighted by molar-refractivity contribution is 6.05. The fourth-order valence-electron chi connectivity index (χ4n) is 4.76. The normalized spacial score (nSPS) is 17.2. The van der Waals surface area contributed by atoms with E-state index >= 15 is 0 Å². The first kappa shape index (κ1) is 22.8. The number of carbonyl (C=O) groups excluding carboxylic acids is 2. The lowest BCUT2D eigenvalue weighted by Crippen LogP contribution is -2.34. The van der Waals surface area contributed by atoms with Gasteiger partial charge >= 0.3 is 0 Å². The molecule has 1 unspecified atom stereocenters. The van der Waals surface area contributed by atoms with Gasteiger partial charge in [-0.15, -0.1) is 0 Å². The summed E-state index contributed by atoms with van der Waals surface area (Å²) in [6, 6.07) is 7.50. The molecule has 4 rings (SSSR count). The van der Waals surface area contributed by atoms with E-state index in [1.807, 2.05) is 31.2 Å². The molecule has 1 aliphatic rings. The molecule has 1 saturated carbocycles. The largest absolute Gasteiger partial charge is 0.480 e. The fraction of sp³-hybridized carbons (Fsp3) is 0.440. The molecule has 0 bridgehead atoms. The van der Waals surface area contributed by atoms with Gasteiger partial charge < -0.3 is 15.4 Å². The first-order valence-corrected chi connectivity index (χ1v) is 11.3. The molecule has 1 fully saturated rings. The Morgan fingerprint density at radius 1 is 1.24 bits per heavy atom. The Hall–Kier alpha value is -3.42. The van der Waals surface area contributed by atoms with Gasteiger partial charge in [0.05, 0.1) is 12.6 Å². The molecule has 3 N–H and O–H groups in total. The van der Waals surface area contributed by atoms with E-state index in [-0.39, 0.29) is 17.2 Å². The van der Waals surface area contributed by atoms with E-state index in [4.69, 9.17) is 4.74 Å². The van der Waals surface area contributed by atoms with E-state index in [9.17, 15) is 9.59 Å². The van der Waals surface area contributed by atoms with Crippen LogP contribution in [0.4, 0.5) is 0 Å². The molecule has 8 heteroatoms. The predicted octanol–water partition coefficient (Wildman–Crippen LogP) is 3.86. The summed E-state index contributed by atoms with van der Waals surface area (Å²) in [6.45, 7) is 7.06. The lowest BCUT2D eigenvalue weighted by Gasteiger charge is -2.27. The van der Waals surface area contributed by atoms with E-state index in [0.717, 1.165) is 34.1 Å². The number of aromatic nitrogens is 3. The van der Waals surface area contributed by atoms with Gasteiger partial charge in [0.15, 0.2) is 5.69 Å². The summed E-state index contributed by atoms with van der Waals surface area (Å²) in [5.41, 5.74) is 4.15. The monoisotopic (exact) mass is 449 g/mol. The van der Waals surface area contributed by atoms with Gasteiger partial charge in [-0.1, -0.05) is 26.3 Å². The van der Waals surface area contributed by atoms with E-state index in [0.29, 0.717) is 29.6 Å². The number of hydrogen-bond acceptors (Lipinski definition) is 5. The molecule has 2 amide bonds. The second-order valence-corrected chi connectivity index (χ2v) is 9.38. The number of pyridine rings is 1. The van der Waals surface area contributed by atoms with Crippen molar-refractivity contribution in [3.8, 4) is 17.0 Å². The number of carbonyl (C=O) groups is 2. The second kappa shape index (κ2) is 8.84. The Balaban J connectivity index is 1.65. The number of rotatable bonds is 6. The first-order chi connectivity index (χ1) is 15.7. The van der Waals surface area contributed by atoms with Crippen LogP contribution in [0.3, 0.4) is 0 Å². The standard InChI is InChI=1S/C25H31N5O3/c1-14-18(15-8-9-17-20(11-15)29-30-21(17)23(32)26-4)12-19(24(28-14)33-5)22(31)27-13-16-7-6-10-25(16,2)3/h8-9,11-12,16H,6-7,10,13H2,1-5H3,(H,26,32)(H,27,31)(H,29,30). The Kier molecular flexibility index (Phi) is 6.10. The lowest BCUT2D eigenvalue weighted by atomic mass is 9.82. The third-order valence-corrected chi connectivity index (χ3v) is 6.92. The zero-order valence-corrected chi connectivity index (χ0v) is 19.8. The molecular weight excluding hydrogens is 418 g/mol. The molecule has 1 aliphatic carbocycles. The number of nitrogens with zero attached hydrogens (tertiary/aromatic N) is 2. The number of amides is 2. The zero-order valence-electron chi connectivity index (χ0n) is 19.8. The van der Waals surface area contributed by atoms with Gasteiger partial charge in [0.25, 0.3) is 11.8 Å². The van der Waals surface area contributed by atoms with Crippen molar-refractivity contribution in [1.29, 1.82) is 0 Å². The van der Waals surface area contributed by atoms with Crippen molar-refractivity contribution in [1.82, 2.24) is 25.8 Å². The number of aryl methyl sites for hydroxylation is 1. The second-order valence-electron chi connectivity index (χ2n) is 9.38. The molecule has 2 heterocycles. The molecular formula is C25H31N5O3. The lowest BCUT2D eigenvalue weighted by molar-refractivity contribution is 0.0930. The van der Waals surface area contributed by atoms with Gasteiger partial charge in [0.1, 0.15) is 5.56 Å². The fourth-order valence-corrected chi connectivity index (χ4v) is 4.76. The van der Waals surface area contributed by atoms with Gasteiger partial charge in [-0.05, 0) is 54.9 Å². The Bertz CT molecular complexity index is 1210. The number of ether oxygens (including phenoxy) is 1. The molecule has 8 nitrogen and oxygen atoms in total. The number of nitrogens with one attached hydrogen (secondary N) is 3. The first-order valence-electron chi connectivity index (χ1n) is 11.3. The van der Waals surface area contributed by atoms with Crippen LogP contribution in [0, 0.1) is 18.3 Å². The molecule has 2 aromatic heterocycles. The Morgan fingerprint density at radius 2 is 2.03 bits per heavy atom. The molecule has 0 aliphatic heterocycles. The minimum Gasteiger partial charge on any atom is -0.480 e. The maximum Gasteiger partial charge on any atom is 0.272 e. The number of methoxy groups -OCH3 is 1. The average molecular weight is 450 g/mol. The Morgan fingerprint density at radius 3 is 2.70 bits per heavy atom. The number of H-pyrrole nitrogens is 1. The summed E-state index contributed by atoms with van der Waals surface area (Å²) in [6.07, 6.45) is 3.51. The van der Waals surface area contributed by atoms with E-state index in [1.165, 1.54) is 20.0 Å². The quantitative estimate of drug-likeness (QED) is 0.529. The highest BCUT2D eigenvalue weighted by Crippen LogP contribution is 2.42. The summed E-state index contributed by atoms with van der Waals surface area (Å²) in [4.78, 5) is 29.7. The van der Waals surface area contributed by atoms with Crippen molar-refractivity contribution >= 4 is 22.7 Å². The summed E-state index contributed by atoms with van der Waals surface area (Å²) in [5.74, 6) is 0.333. The number of aromatic amines is 1. The molecule has 174 valence electrons. The van der Waals surface area contributed by atoms with Gasteiger partial charge in [-0.2, -0.15) is 5.10 Å². The van der Waals surface area contributed by atoms with Crippen LogP contribution in [0.15, 0.2) is 24.3 Å². The molecule has 0 spiro atoms. The van der Waals surface area contributed by atoms with Crippen LogP contribution < -0.4 is 15.4 Å². The Labute approximate surface area is 193 Å². The van der Waals surface area contributed by atoms with Crippen molar-refractivity contribution in [3.05, 3.63) is 41.2 Å². The number of fused-ring (bicyclic) bond motifs is 1. The highest BCUT2D eigenvalue weighted by Gasteiger charge is 2.34. The zero-order chi connectivity index (χ0) is 23.8. The minimum atomic E-state index is -0.249. The van der Waals surface area contributed by atoms with Crippen molar-refractivity contribution in [2.24, 2.45) is 11.3 Å². The van der Waals surface area contributed by atoms with E-state index < -0.39 is 0 Å². The molecule has 1 atom stereocenters. The summed E-state index contributed by atoms with van der Waals surface area (Å²) in [7, 11) is 3.10. The third kappa shape index (κ3) is 4.29. The van der Waals surface area contributed by atoms with Crippen molar-refractivity contribution < 1.29 is 14.3 Å². The minimum absolute atomic E-state index is 0.187. The summed E-state index contributed by atoms with van der Waals surface area (Å²) >= 11 is 0. The smallest absolute Gasteiger partial charge is 0.272 e. The van der Waals surface area contributed by atoms with E-state index in [2.05, 4.69) is 39.7 Å². The van der Waals surface area contributed by atoms with Crippen LogP contribution >= 0.6 is 0 Å². The van der Waals surface area contributed by atoms with Gasteiger partial charge in [0, 0.05) is 30.2 Å². The van der Waals surface area contributed by atoms with Gasteiger partial charge in [-0.3, -0.25) is 14.7 Å². The molecule has 3 aromatic rings. The van der Waals surface area contributed by atoms with Crippen LogP contribution in [-0.4, -0.2) is 47.7 Å². The van der Waals surface area contributed by atoms with Crippen molar-refractivity contribution in [2.45, 2.75) is 40.0 Å². The SMILES string of the molecule is CNC(=O)c1n[nH]c2cc(-c3cc(C(=O)NCC4CCCC4(C)C)c(OC)nc3C)ccc12. The van der Waals surface area contributed by atoms with Gasteiger partial charge in [0.2, 0.25) is 5.88 Å². The van der Waals surface area contributed by atoms with Crippen LogP contribution in [-0.2, 0) is 0 Å². The number of hydrogen-bond donors (Lipinski definition) is 3. The number of benzene rings is 1. The average Bonchev–Trinajstić information content (AvgIpc) is 3.38. The molecule has 0 radical (unpaired) electrons. The summed E-state index contributed by atoms with van der Waals surface area (Å²) < 4.78 is 5.43. The van der Waals surface area contributed by atoms with Gasteiger partial charge in [-0.25, -0.2) is 4.98 Å². The maximum absolute atomic E-state index is 13.1. The molecule has 33 heavy (non-hydrogen) atoms. The summed E-state index contributed by atoms with van der Waals surface area (Å²) in [5, 5.41) is 13.5. The van der Waals surface area contributed by atoms with Crippen LogP contribution in [0.5, 0.6) is 5.88 Å². The predicted molar refractivity (Wildman–Crippen MR) is 127 cm³/mol. The van der Waals surface area contributed by atoms with Crippen LogP contribution in [0.1, 0.15) is 59.7 Å². The van der Waals surface area contributed by atoms with Crippen LogP contribution in [0.2, 0.25) is 0 Å².